The van der Waals surface area contributed by atoms with Gasteiger partial charge in [0.15, 0.2) is 0 Å². The van der Waals surface area contributed by atoms with E-state index in [9.17, 15) is 19.6 Å². The number of anilines is 1. The topological polar surface area (TPSA) is 108 Å². The second kappa shape index (κ2) is 7.03. The standard InChI is InChI=1S/C19H25N3O5/c1-10(2)9-19(21-26)11(3)16(23)14-12-7-5-6-8-13(12)22(27-4)17(24)15(14)20-18(19)25/h5-8,10-11,14-15,21,26H,9H2,1-4H3,(H,20,25)/t11-,14?,15+,19-/m1/s1. The highest BCUT2D eigenvalue weighted by Gasteiger charge is 2.57. The number of fused-ring (bicyclic) bond motifs is 3. The third-order valence-electron chi connectivity index (χ3n) is 5.57. The predicted octanol–water partition coefficient (Wildman–Crippen LogP) is 1.15. The molecule has 4 atom stereocenters. The van der Waals surface area contributed by atoms with Gasteiger partial charge in [-0.05, 0) is 24.0 Å². The summed E-state index contributed by atoms with van der Waals surface area (Å²) in [4.78, 5) is 44.7. The van der Waals surface area contributed by atoms with E-state index < -0.39 is 35.2 Å². The molecule has 0 bridgehead atoms. The average molecular weight is 375 g/mol. The Balaban J connectivity index is 2.17. The van der Waals surface area contributed by atoms with Gasteiger partial charge >= 0.3 is 0 Å². The molecule has 0 radical (unpaired) electrons. The molecule has 1 fully saturated rings. The van der Waals surface area contributed by atoms with Crippen molar-refractivity contribution in [1.29, 1.82) is 0 Å². The SMILES string of the molecule is CON1C(=O)[C@H]2NC(=O)[C@](CC(C)C)(NO)[C@H](C)C(=O)C2c2ccccc21. The zero-order valence-corrected chi connectivity index (χ0v) is 15.9. The highest BCUT2D eigenvalue weighted by molar-refractivity contribution is 6.11. The van der Waals surface area contributed by atoms with E-state index in [-0.39, 0.29) is 18.1 Å². The first-order valence-electron chi connectivity index (χ1n) is 9.01. The van der Waals surface area contributed by atoms with Gasteiger partial charge in [-0.25, -0.2) is 0 Å². The first-order valence-corrected chi connectivity index (χ1v) is 9.01. The van der Waals surface area contributed by atoms with Gasteiger partial charge in [-0.2, -0.15) is 10.5 Å². The van der Waals surface area contributed by atoms with Gasteiger partial charge in [-0.1, -0.05) is 39.0 Å². The predicted molar refractivity (Wildman–Crippen MR) is 96.9 cm³/mol. The number of nitrogens with zero attached hydrogens (tertiary/aromatic N) is 1. The van der Waals surface area contributed by atoms with E-state index in [4.69, 9.17) is 4.84 Å². The van der Waals surface area contributed by atoms with Gasteiger partial charge in [-0.15, -0.1) is 0 Å². The number of hydrogen-bond acceptors (Lipinski definition) is 6. The summed E-state index contributed by atoms with van der Waals surface area (Å²) in [6, 6.07) is 5.88. The van der Waals surface area contributed by atoms with Crippen LogP contribution in [0.4, 0.5) is 5.69 Å². The van der Waals surface area contributed by atoms with Crippen molar-refractivity contribution in [3.05, 3.63) is 29.8 Å². The highest BCUT2D eigenvalue weighted by atomic mass is 16.7. The van der Waals surface area contributed by atoms with Crippen molar-refractivity contribution in [2.45, 2.75) is 44.7 Å². The molecule has 3 N–H and O–H groups in total. The molecular weight excluding hydrogens is 350 g/mol. The van der Waals surface area contributed by atoms with Crippen LogP contribution in [0, 0.1) is 11.8 Å². The maximum atomic E-state index is 13.4. The number of carbonyl (C=O) groups excluding carboxylic acids is 3. The minimum atomic E-state index is -1.50. The summed E-state index contributed by atoms with van der Waals surface area (Å²) in [5.41, 5.74) is 1.69. The third-order valence-corrected chi connectivity index (χ3v) is 5.57. The number of hydrogen-bond donors (Lipinski definition) is 3. The molecule has 0 saturated carbocycles. The second-order valence-corrected chi connectivity index (χ2v) is 7.61. The van der Waals surface area contributed by atoms with Gasteiger partial charge in [0.25, 0.3) is 5.91 Å². The molecule has 0 spiro atoms. The summed E-state index contributed by atoms with van der Waals surface area (Å²) in [5, 5.41) is 13.7. The Morgan fingerprint density at radius 3 is 2.56 bits per heavy atom. The van der Waals surface area contributed by atoms with E-state index in [0.29, 0.717) is 11.3 Å². The Morgan fingerprint density at radius 2 is 1.96 bits per heavy atom. The number of rotatable bonds is 4. The molecule has 1 saturated heterocycles. The van der Waals surface area contributed by atoms with Crippen LogP contribution in [0.5, 0.6) is 0 Å². The van der Waals surface area contributed by atoms with E-state index in [1.165, 1.54) is 7.11 Å². The van der Waals surface area contributed by atoms with Crippen molar-refractivity contribution < 1.29 is 24.4 Å². The van der Waals surface area contributed by atoms with E-state index >= 15 is 0 Å². The van der Waals surface area contributed by atoms with Crippen molar-refractivity contribution >= 4 is 23.3 Å². The summed E-state index contributed by atoms with van der Waals surface area (Å²) in [7, 11) is 1.36. The Morgan fingerprint density at radius 1 is 1.30 bits per heavy atom. The van der Waals surface area contributed by atoms with Gasteiger partial charge in [0.05, 0.1) is 18.7 Å². The Bertz CT molecular complexity index is 780. The Labute approximate surface area is 157 Å². The number of benzene rings is 1. The van der Waals surface area contributed by atoms with E-state index in [1.807, 2.05) is 13.8 Å². The quantitative estimate of drug-likeness (QED) is 0.682. The van der Waals surface area contributed by atoms with Crippen LogP contribution in [0.1, 0.15) is 38.7 Å². The minimum absolute atomic E-state index is 0.0317. The van der Waals surface area contributed by atoms with Crippen molar-refractivity contribution in [1.82, 2.24) is 10.8 Å². The van der Waals surface area contributed by atoms with Crippen LogP contribution in [0.2, 0.25) is 0 Å². The van der Waals surface area contributed by atoms with Gasteiger partial charge in [0.1, 0.15) is 17.4 Å². The van der Waals surface area contributed by atoms with Gasteiger partial charge < -0.3 is 10.5 Å². The van der Waals surface area contributed by atoms with Crippen molar-refractivity contribution in [3.8, 4) is 0 Å². The van der Waals surface area contributed by atoms with Gasteiger partial charge in [-0.3, -0.25) is 19.2 Å². The first kappa shape index (κ1) is 19.5. The van der Waals surface area contributed by atoms with Crippen molar-refractivity contribution in [2.75, 3.05) is 12.2 Å². The number of amides is 2. The molecule has 27 heavy (non-hydrogen) atoms. The molecule has 3 rings (SSSR count). The summed E-state index contributed by atoms with van der Waals surface area (Å²) >= 11 is 0. The molecule has 0 aliphatic carbocycles. The zero-order valence-electron chi connectivity index (χ0n) is 15.9. The lowest BCUT2D eigenvalue weighted by atomic mass is 9.72. The number of ketones is 1. The fraction of sp³-hybridized carbons (Fsp3) is 0.526. The number of carbonyl (C=O) groups is 3. The summed E-state index contributed by atoms with van der Waals surface area (Å²) in [6.45, 7) is 5.41. The van der Waals surface area contributed by atoms with E-state index in [1.54, 1.807) is 31.2 Å². The number of hydroxylamine groups is 2. The lowest BCUT2D eigenvalue weighted by Crippen LogP contribution is -2.62. The third kappa shape index (κ3) is 2.84. The molecule has 8 heteroatoms. The van der Waals surface area contributed by atoms with E-state index in [2.05, 4.69) is 10.8 Å². The molecule has 2 aliphatic rings. The number of para-hydroxylation sites is 1. The molecule has 2 aliphatic heterocycles. The Hall–Kier alpha value is -2.29. The van der Waals surface area contributed by atoms with Crippen molar-refractivity contribution in [2.24, 2.45) is 11.8 Å². The maximum absolute atomic E-state index is 13.4. The molecule has 1 unspecified atom stereocenters. The number of Topliss-reactive ketones (excluding diaryl/α,β-unsaturated/α-hetero) is 1. The molecule has 1 aromatic rings. The maximum Gasteiger partial charge on any atom is 0.274 e. The van der Waals surface area contributed by atoms with E-state index in [0.717, 1.165) is 5.06 Å². The lowest BCUT2D eigenvalue weighted by molar-refractivity contribution is -0.141. The second-order valence-electron chi connectivity index (χ2n) is 7.61. The van der Waals surface area contributed by atoms with Crippen LogP contribution < -0.4 is 15.9 Å². The smallest absolute Gasteiger partial charge is 0.274 e. The van der Waals surface area contributed by atoms with Crippen molar-refractivity contribution in [3.63, 3.8) is 0 Å². The molecule has 146 valence electrons. The molecule has 2 heterocycles. The normalized spacial score (nSPS) is 30.7. The zero-order chi connectivity index (χ0) is 19.9. The summed E-state index contributed by atoms with van der Waals surface area (Å²) in [6.07, 6.45) is 0.242. The lowest BCUT2D eigenvalue weighted by Gasteiger charge is -2.36. The minimum Gasteiger partial charge on any atom is -0.341 e. The monoisotopic (exact) mass is 375 g/mol. The van der Waals surface area contributed by atoms with Crippen LogP contribution in [-0.2, 0) is 19.2 Å². The fourth-order valence-corrected chi connectivity index (χ4v) is 4.24. The van der Waals surface area contributed by atoms with Crippen LogP contribution in [0.25, 0.3) is 0 Å². The van der Waals surface area contributed by atoms with Gasteiger partial charge in [0, 0.05) is 5.92 Å². The molecule has 8 nitrogen and oxygen atoms in total. The average Bonchev–Trinajstić information content (AvgIpc) is 2.72. The molecule has 2 amide bonds. The summed E-state index contributed by atoms with van der Waals surface area (Å²) < 4.78 is 0. The van der Waals surface area contributed by atoms with Crippen LogP contribution in [-0.4, -0.2) is 41.5 Å². The Kier molecular flexibility index (Phi) is 5.07. The van der Waals surface area contributed by atoms with Crippen LogP contribution >= 0.6 is 0 Å². The van der Waals surface area contributed by atoms with Crippen LogP contribution in [0.3, 0.4) is 0 Å². The fourth-order valence-electron chi connectivity index (χ4n) is 4.24. The number of nitrogens with one attached hydrogen (secondary N) is 2. The first-order chi connectivity index (χ1) is 12.8. The molecule has 1 aromatic carbocycles. The molecule has 0 aromatic heterocycles. The molecular formula is C19H25N3O5. The van der Waals surface area contributed by atoms with Gasteiger partial charge in [0.2, 0.25) is 5.91 Å². The summed E-state index contributed by atoms with van der Waals surface area (Å²) in [5.74, 6) is -3.03. The largest absolute Gasteiger partial charge is 0.341 e. The van der Waals surface area contributed by atoms with Crippen LogP contribution in [0.15, 0.2) is 24.3 Å². The highest BCUT2D eigenvalue weighted by Crippen LogP contribution is 2.42.